The van der Waals surface area contributed by atoms with E-state index in [2.05, 4.69) is 42.6 Å². The van der Waals surface area contributed by atoms with E-state index < -0.39 is 21.7 Å². The third-order valence-electron chi connectivity index (χ3n) is 5.16. The minimum atomic E-state index is -3.90. The number of nitrogens with one attached hydrogen (secondary N) is 2. The summed E-state index contributed by atoms with van der Waals surface area (Å²) in [5.41, 5.74) is -0.156. The normalized spacial score (nSPS) is 20.4. The number of hydrogen-bond donors (Lipinski definition) is 3. The molecule has 1 aliphatic carbocycles. The molecule has 0 unspecified atom stereocenters. The molecule has 1 aromatic rings. The Morgan fingerprint density at radius 3 is 2.29 bits per heavy atom. The number of aromatic amines is 1. The van der Waals surface area contributed by atoms with Crippen LogP contribution in [-0.4, -0.2) is 36.2 Å². The van der Waals surface area contributed by atoms with Crippen molar-refractivity contribution >= 4 is 16.0 Å². The highest BCUT2D eigenvalue weighted by atomic mass is 32.2. The third kappa shape index (κ3) is 2.36. The lowest BCUT2D eigenvalue weighted by Gasteiger charge is -2.08. The summed E-state index contributed by atoms with van der Waals surface area (Å²) in [5.74, 6) is -1.16. The molecule has 3 N–H and O–H groups in total. The fourth-order valence-corrected chi connectivity index (χ4v) is 4.37. The lowest BCUT2D eigenvalue weighted by atomic mass is 10.0. The third-order valence-corrected chi connectivity index (χ3v) is 6.74. The standard InChI is InChI=1S/C13H21N3O4S/c1-7-10(9(11(17)18)16-15-7)21(19,20)14-6-8-12(2,3)13(8,4)5/h8,14H,6H2,1-5H3,(H,15,16)(H,17,18). The molecular formula is C13H21N3O4S. The Bertz CT molecular complexity index is 674. The van der Waals surface area contributed by atoms with Crippen molar-refractivity contribution < 1.29 is 18.3 Å². The number of carboxylic acid groups (broad SMARTS) is 1. The van der Waals surface area contributed by atoms with Crippen molar-refractivity contribution in [2.45, 2.75) is 39.5 Å². The number of H-pyrrole nitrogens is 1. The van der Waals surface area contributed by atoms with Gasteiger partial charge in [-0.2, -0.15) is 5.10 Å². The zero-order valence-electron chi connectivity index (χ0n) is 12.8. The van der Waals surface area contributed by atoms with E-state index in [9.17, 15) is 13.2 Å². The average molecular weight is 315 g/mol. The van der Waals surface area contributed by atoms with Crippen LogP contribution in [0.15, 0.2) is 4.90 Å². The van der Waals surface area contributed by atoms with E-state index in [1.165, 1.54) is 6.92 Å². The van der Waals surface area contributed by atoms with Crippen molar-refractivity contribution in [2.24, 2.45) is 16.7 Å². The number of aromatic carboxylic acids is 1. The van der Waals surface area contributed by atoms with Gasteiger partial charge in [0.15, 0.2) is 5.69 Å². The minimum absolute atomic E-state index is 0.0522. The molecular weight excluding hydrogens is 294 g/mol. The Morgan fingerprint density at radius 1 is 1.33 bits per heavy atom. The molecule has 118 valence electrons. The van der Waals surface area contributed by atoms with Crippen LogP contribution in [0.1, 0.15) is 43.9 Å². The topological polar surface area (TPSA) is 112 Å². The lowest BCUT2D eigenvalue weighted by molar-refractivity contribution is 0.0686. The zero-order valence-corrected chi connectivity index (χ0v) is 13.6. The molecule has 8 heteroatoms. The highest BCUT2D eigenvalue weighted by Gasteiger charge is 2.64. The molecule has 1 aromatic heterocycles. The monoisotopic (exact) mass is 315 g/mol. The van der Waals surface area contributed by atoms with Gasteiger partial charge >= 0.3 is 5.97 Å². The van der Waals surface area contributed by atoms with E-state index in [4.69, 9.17) is 5.11 Å². The van der Waals surface area contributed by atoms with Gasteiger partial charge in [0.05, 0.1) is 5.69 Å². The molecule has 0 aliphatic heterocycles. The van der Waals surface area contributed by atoms with Crippen molar-refractivity contribution in [3.05, 3.63) is 11.4 Å². The highest BCUT2D eigenvalue weighted by Crippen LogP contribution is 2.67. The maximum atomic E-state index is 12.4. The van der Waals surface area contributed by atoms with Crippen LogP contribution in [0.4, 0.5) is 0 Å². The van der Waals surface area contributed by atoms with Crippen LogP contribution in [0, 0.1) is 23.7 Å². The fraction of sp³-hybridized carbons (Fsp3) is 0.692. The zero-order chi connectivity index (χ0) is 16.2. The second-order valence-electron chi connectivity index (χ2n) is 6.68. The first kappa shape index (κ1) is 16.0. The van der Waals surface area contributed by atoms with Gasteiger partial charge in [-0.05, 0) is 23.7 Å². The summed E-state index contributed by atoms with van der Waals surface area (Å²) in [6.45, 7) is 10.1. The van der Waals surface area contributed by atoms with E-state index in [1.54, 1.807) is 0 Å². The summed E-state index contributed by atoms with van der Waals surface area (Å²) in [7, 11) is -3.90. The number of rotatable bonds is 5. The van der Waals surface area contributed by atoms with E-state index in [-0.39, 0.29) is 33.9 Å². The van der Waals surface area contributed by atoms with Crippen LogP contribution in [0.2, 0.25) is 0 Å². The summed E-state index contributed by atoms with van der Waals surface area (Å²) in [4.78, 5) is 10.8. The van der Waals surface area contributed by atoms with Crippen molar-refractivity contribution in [1.82, 2.24) is 14.9 Å². The van der Waals surface area contributed by atoms with Crippen molar-refractivity contribution in [1.29, 1.82) is 0 Å². The largest absolute Gasteiger partial charge is 0.476 e. The van der Waals surface area contributed by atoms with E-state index in [1.807, 2.05) is 0 Å². The molecule has 0 atom stereocenters. The average Bonchev–Trinajstić information content (AvgIpc) is 2.63. The Morgan fingerprint density at radius 2 is 1.86 bits per heavy atom. The quantitative estimate of drug-likeness (QED) is 0.760. The molecule has 1 heterocycles. The van der Waals surface area contributed by atoms with Gasteiger partial charge in [0.25, 0.3) is 0 Å². The summed E-state index contributed by atoms with van der Waals surface area (Å²) >= 11 is 0. The van der Waals surface area contributed by atoms with Crippen LogP contribution in [-0.2, 0) is 10.0 Å². The smallest absolute Gasteiger partial charge is 0.357 e. The molecule has 1 fully saturated rings. The Kier molecular flexibility index (Phi) is 3.45. The lowest BCUT2D eigenvalue weighted by Crippen LogP contribution is -2.29. The molecule has 0 aromatic carbocycles. The molecule has 1 saturated carbocycles. The fourth-order valence-electron chi connectivity index (χ4n) is 3.00. The second kappa shape index (κ2) is 4.54. The number of carbonyl (C=O) groups is 1. The molecule has 0 amide bonds. The molecule has 0 bridgehead atoms. The Labute approximate surface area is 124 Å². The SMILES string of the molecule is Cc1[nH]nc(C(=O)O)c1S(=O)(=O)NCC1C(C)(C)C1(C)C. The number of aryl methyl sites for hydroxylation is 1. The van der Waals surface area contributed by atoms with Gasteiger partial charge in [0, 0.05) is 6.54 Å². The molecule has 21 heavy (non-hydrogen) atoms. The predicted octanol–water partition coefficient (Wildman–Crippen LogP) is 1.38. The van der Waals surface area contributed by atoms with Crippen LogP contribution < -0.4 is 4.72 Å². The van der Waals surface area contributed by atoms with E-state index >= 15 is 0 Å². The Balaban J connectivity index is 2.22. The number of hydrogen-bond acceptors (Lipinski definition) is 4. The van der Waals surface area contributed by atoms with Crippen molar-refractivity contribution in [3.8, 4) is 0 Å². The predicted molar refractivity (Wildman–Crippen MR) is 76.5 cm³/mol. The van der Waals surface area contributed by atoms with Gasteiger partial charge in [-0.15, -0.1) is 0 Å². The summed E-state index contributed by atoms with van der Waals surface area (Å²) in [5, 5.41) is 15.0. The van der Waals surface area contributed by atoms with Crippen molar-refractivity contribution in [3.63, 3.8) is 0 Å². The van der Waals surface area contributed by atoms with Crippen LogP contribution in [0.3, 0.4) is 0 Å². The maximum absolute atomic E-state index is 12.4. The first-order valence-corrected chi connectivity index (χ1v) is 8.19. The second-order valence-corrected chi connectivity index (χ2v) is 8.38. The molecule has 0 spiro atoms. The highest BCUT2D eigenvalue weighted by molar-refractivity contribution is 7.89. The van der Waals surface area contributed by atoms with E-state index in [0.29, 0.717) is 0 Å². The molecule has 7 nitrogen and oxygen atoms in total. The van der Waals surface area contributed by atoms with Gasteiger partial charge in [0.2, 0.25) is 10.0 Å². The number of sulfonamides is 1. The molecule has 0 radical (unpaired) electrons. The first-order valence-electron chi connectivity index (χ1n) is 6.71. The maximum Gasteiger partial charge on any atom is 0.357 e. The first-order chi connectivity index (χ1) is 9.43. The molecule has 1 aliphatic rings. The summed E-state index contributed by atoms with van der Waals surface area (Å²) in [6, 6.07) is 0. The summed E-state index contributed by atoms with van der Waals surface area (Å²) in [6.07, 6.45) is 0. The number of carboxylic acids is 1. The summed E-state index contributed by atoms with van der Waals surface area (Å²) < 4.78 is 27.2. The van der Waals surface area contributed by atoms with Crippen LogP contribution >= 0.6 is 0 Å². The van der Waals surface area contributed by atoms with Crippen LogP contribution in [0.25, 0.3) is 0 Å². The number of aromatic nitrogens is 2. The van der Waals surface area contributed by atoms with Gasteiger partial charge in [-0.3, -0.25) is 5.10 Å². The van der Waals surface area contributed by atoms with Gasteiger partial charge < -0.3 is 5.11 Å². The number of nitrogens with zero attached hydrogens (tertiary/aromatic N) is 1. The molecule has 2 rings (SSSR count). The van der Waals surface area contributed by atoms with Crippen LogP contribution in [0.5, 0.6) is 0 Å². The van der Waals surface area contributed by atoms with E-state index in [0.717, 1.165) is 0 Å². The van der Waals surface area contributed by atoms with Gasteiger partial charge in [0.1, 0.15) is 4.90 Å². The van der Waals surface area contributed by atoms with Crippen molar-refractivity contribution in [2.75, 3.05) is 6.54 Å². The molecule has 0 saturated heterocycles. The van der Waals surface area contributed by atoms with Gasteiger partial charge in [-0.25, -0.2) is 17.9 Å². The Hall–Kier alpha value is -1.41. The van der Waals surface area contributed by atoms with Gasteiger partial charge in [-0.1, -0.05) is 27.7 Å². The minimum Gasteiger partial charge on any atom is -0.476 e.